The van der Waals surface area contributed by atoms with Gasteiger partial charge in [-0.15, -0.1) is 0 Å². The average Bonchev–Trinajstić information content (AvgIpc) is 3.25. The molecule has 0 fully saturated rings. The van der Waals surface area contributed by atoms with Crippen LogP contribution >= 0.6 is 0 Å². The van der Waals surface area contributed by atoms with Gasteiger partial charge in [0.05, 0.1) is 35.1 Å². The summed E-state index contributed by atoms with van der Waals surface area (Å²) in [5.41, 5.74) is 2.07. The molecule has 1 atom stereocenters. The minimum atomic E-state index is -0.754. The Hall–Kier alpha value is -4.00. The molecule has 10 heteroatoms. The second-order valence-corrected chi connectivity index (χ2v) is 6.99. The van der Waals surface area contributed by atoms with Gasteiger partial charge in [-0.2, -0.15) is 10.4 Å². The van der Waals surface area contributed by atoms with Gasteiger partial charge in [0.15, 0.2) is 11.5 Å². The van der Waals surface area contributed by atoms with Crippen molar-refractivity contribution in [3.63, 3.8) is 0 Å². The van der Waals surface area contributed by atoms with Crippen molar-refractivity contribution in [2.75, 3.05) is 0 Å². The van der Waals surface area contributed by atoms with Crippen molar-refractivity contribution in [3.05, 3.63) is 46.8 Å². The molecule has 0 radical (unpaired) electrons. The molecule has 0 aliphatic carbocycles. The first-order valence-electron chi connectivity index (χ1n) is 9.04. The summed E-state index contributed by atoms with van der Waals surface area (Å²) in [6.45, 7) is 5.34. The van der Waals surface area contributed by atoms with E-state index in [1.165, 1.54) is 10.8 Å². The highest BCUT2D eigenvalue weighted by Crippen LogP contribution is 2.23. The van der Waals surface area contributed by atoms with Gasteiger partial charge in [0, 0.05) is 12.2 Å². The molecule has 4 rings (SSSR count). The number of H-pyrrole nitrogens is 1. The Bertz CT molecular complexity index is 1340. The molecule has 1 amide bonds. The number of hydrogen-bond acceptors (Lipinski definition) is 6. The van der Waals surface area contributed by atoms with E-state index >= 15 is 0 Å². The van der Waals surface area contributed by atoms with Crippen LogP contribution in [0.4, 0.5) is 0 Å². The van der Waals surface area contributed by atoms with Gasteiger partial charge >= 0.3 is 5.69 Å². The maximum Gasteiger partial charge on any atom is 0.328 e. The first-order chi connectivity index (χ1) is 13.9. The van der Waals surface area contributed by atoms with Crippen LogP contribution in [0.1, 0.15) is 32.4 Å². The van der Waals surface area contributed by atoms with Crippen molar-refractivity contribution >= 4 is 22.6 Å². The summed E-state index contributed by atoms with van der Waals surface area (Å²) in [6.07, 6.45) is 4.78. The van der Waals surface area contributed by atoms with E-state index in [4.69, 9.17) is 5.26 Å². The Labute approximate surface area is 164 Å². The molecule has 2 N–H and O–H groups in total. The van der Waals surface area contributed by atoms with Gasteiger partial charge in [-0.05, 0) is 32.9 Å². The lowest BCUT2D eigenvalue weighted by Gasteiger charge is -2.15. The Kier molecular flexibility index (Phi) is 4.35. The summed E-state index contributed by atoms with van der Waals surface area (Å²) in [4.78, 5) is 36.5. The van der Waals surface area contributed by atoms with Crippen LogP contribution in [0.25, 0.3) is 28.1 Å². The molecule has 146 valence electrons. The van der Waals surface area contributed by atoms with Gasteiger partial charge in [-0.3, -0.25) is 9.36 Å². The first-order valence-corrected chi connectivity index (χ1v) is 9.04. The predicted molar refractivity (Wildman–Crippen MR) is 105 cm³/mol. The van der Waals surface area contributed by atoms with Crippen LogP contribution in [0.15, 0.2) is 35.5 Å². The number of aromatic nitrogens is 6. The smallest absolute Gasteiger partial charge is 0.328 e. The quantitative estimate of drug-likeness (QED) is 0.541. The van der Waals surface area contributed by atoms with Gasteiger partial charge in [-0.25, -0.2) is 19.3 Å². The van der Waals surface area contributed by atoms with E-state index < -0.39 is 11.7 Å². The number of fused-ring (bicyclic) bond motifs is 2. The van der Waals surface area contributed by atoms with Crippen molar-refractivity contribution in [1.82, 2.24) is 34.4 Å². The van der Waals surface area contributed by atoms with Crippen LogP contribution in [0, 0.1) is 11.3 Å². The Balaban J connectivity index is 1.86. The Morgan fingerprint density at radius 2 is 2.10 bits per heavy atom. The Morgan fingerprint density at radius 3 is 2.83 bits per heavy atom. The SMILES string of the molecule is CC(C)NC(=O)C(C)n1c(=O)[nH]c2cnc(-c3cnn4ccc(C#N)cc34)nc21. The molecule has 4 aromatic heterocycles. The fourth-order valence-electron chi connectivity index (χ4n) is 3.15. The molecule has 0 aromatic carbocycles. The number of nitriles is 1. The van der Waals surface area contributed by atoms with Crippen molar-refractivity contribution in [1.29, 1.82) is 5.26 Å². The number of rotatable bonds is 4. The molecule has 4 aromatic rings. The molecular formula is C19H18N8O2. The van der Waals surface area contributed by atoms with Gasteiger partial charge in [0.1, 0.15) is 11.6 Å². The van der Waals surface area contributed by atoms with Gasteiger partial charge in [0.25, 0.3) is 0 Å². The summed E-state index contributed by atoms with van der Waals surface area (Å²) >= 11 is 0. The molecular weight excluding hydrogens is 372 g/mol. The van der Waals surface area contributed by atoms with E-state index in [2.05, 4.69) is 31.4 Å². The lowest BCUT2D eigenvalue weighted by atomic mass is 10.2. The third kappa shape index (κ3) is 3.12. The number of hydrogen-bond donors (Lipinski definition) is 2. The molecule has 29 heavy (non-hydrogen) atoms. The van der Waals surface area contributed by atoms with Crippen LogP contribution in [0.5, 0.6) is 0 Å². The fraction of sp³-hybridized carbons (Fsp3) is 0.263. The fourth-order valence-corrected chi connectivity index (χ4v) is 3.15. The normalized spacial score (nSPS) is 12.4. The maximum atomic E-state index is 12.5. The minimum absolute atomic E-state index is 0.0517. The first kappa shape index (κ1) is 18.4. The number of amides is 1. The average molecular weight is 390 g/mol. The second kappa shape index (κ2) is 6.87. The van der Waals surface area contributed by atoms with Crippen LogP contribution < -0.4 is 11.0 Å². The number of carbonyl (C=O) groups excluding carboxylic acids is 1. The third-order valence-electron chi connectivity index (χ3n) is 4.55. The van der Waals surface area contributed by atoms with Gasteiger partial charge in [-0.1, -0.05) is 0 Å². The third-order valence-corrected chi connectivity index (χ3v) is 4.55. The van der Waals surface area contributed by atoms with E-state index in [0.29, 0.717) is 33.6 Å². The molecule has 0 aliphatic heterocycles. The van der Waals surface area contributed by atoms with Crippen molar-refractivity contribution < 1.29 is 4.79 Å². The molecule has 10 nitrogen and oxygen atoms in total. The van der Waals surface area contributed by atoms with E-state index in [0.717, 1.165) is 0 Å². The van der Waals surface area contributed by atoms with Crippen LogP contribution in [0.3, 0.4) is 0 Å². The standard InChI is InChI=1S/C19H18N8O2/c1-10(2)23-18(28)11(3)27-17-14(24-19(27)29)9-21-16(25-17)13-8-22-26-5-4-12(7-20)6-15(13)26/h4-6,8-11H,1-3H3,(H,23,28)(H,24,29). The molecule has 0 aliphatic rings. The highest BCUT2D eigenvalue weighted by molar-refractivity contribution is 5.84. The van der Waals surface area contributed by atoms with Crippen molar-refractivity contribution in [2.45, 2.75) is 32.9 Å². The molecule has 0 spiro atoms. The maximum absolute atomic E-state index is 12.5. The topological polar surface area (TPSA) is 134 Å². The summed E-state index contributed by atoms with van der Waals surface area (Å²) < 4.78 is 2.93. The van der Waals surface area contributed by atoms with Crippen LogP contribution in [-0.4, -0.2) is 41.1 Å². The predicted octanol–water partition coefficient (Wildman–Crippen LogP) is 1.39. The number of nitrogens with zero attached hydrogens (tertiary/aromatic N) is 6. The van der Waals surface area contributed by atoms with E-state index in [9.17, 15) is 9.59 Å². The summed E-state index contributed by atoms with van der Waals surface area (Å²) in [5.74, 6) is 0.0598. The number of imidazole rings is 1. The molecule has 0 saturated carbocycles. The lowest BCUT2D eigenvalue weighted by Crippen LogP contribution is -2.38. The largest absolute Gasteiger partial charge is 0.352 e. The summed E-state index contributed by atoms with van der Waals surface area (Å²) in [6, 6.07) is 4.64. The highest BCUT2D eigenvalue weighted by atomic mass is 16.2. The number of aromatic amines is 1. The van der Waals surface area contributed by atoms with Crippen LogP contribution in [0.2, 0.25) is 0 Å². The zero-order chi connectivity index (χ0) is 20.7. The zero-order valence-electron chi connectivity index (χ0n) is 16.0. The highest BCUT2D eigenvalue weighted by Gasteiger charge is 2.22. The minimum Gasteiger partial charge on any atom is -0.352 e. The number of pyridine rings is 1. The lowest BCUT2D eigenvalue weighted by molar-refractivity contribution is -0.124. The molecule has 0 bridgehead atoms. The van der Waals surface area contributed by atoms with E-state index in [1.54, 1.807) is 36.0 Å². The molecule has 4 heterocycles. The van der Waals surface area contributed by atoms with E-state index in [1.807, 2.05) is 13.8 Å². The second-order valence-electron chi connectivity index (χ2n) is 6.99. The summed E-state index contributed by atoms with van der Waals surface area (Å²) in [5, 5.41) is 16.2. The monoisotopic (exact) mass is 390 g/mol. The number of carbonyl (C=O) groups is 1. The number of nitrogens with one attached hydrogen (secondary N) is 2. The van der Waals surface area contributed by atoms with Gasteiger partial charge in [0.2, 0.25) is 5.91 Å². The van der Waals surface area contributed by atoms with Crippen LogP contribution in [-0.2, 0) is 4.79 Å². The molecule has 0 saturated heterocycles. The van der Waals surface area contributed by atoms with Crippen molar-refractivity contribution in [2.24, 2.45) is 0 Å². The van der Waals surface area contributed by atoms with Gasteiger partial charge < -0.3 is 10.3 Å². The molecule has 1 unspecified atom stereocenters. The van der Waals surface area contributed by atoms with E-state index in [-0.39, 0.29) is 11.9 Å². The summed E-state index contributed by atoms with van der Waals surface area (Å²) in [7, 11) is 0. The van der Waals surface area contributed by atoms with Crippen molar-refractivity contribution in [3.8, 4) is 17.5 Å². The Morgan fingerprint density at radius 1 is 1.31 bits per heavy atom. The zero-order valence-corrected chi connectivity index (χ0v) is 16.0.